The molecule has 0 aliphatic rings. The highest BCUT2D eigenvalue weighted by Crippen LogP contribution is 2.17. The van der Waals surface area contributed by atoms with Gasteiger partial charge in [0.15, 0.2) is 0 Å². The lowest BCUT2D eigenvalue weighted by molar-refractivity contribution is 0.449. The van der Waals surface area contributed by atoms with Gasteiger partial charge in [0.25, 0.3) is 0 Å². The molecule has 0 atom stereocenters. The van der Waals surface area contributed by atoms with Crippen LogP contribution in [0.15, 0.2) is 121 Å². The molecule has 0 unspecified atom stereocenters. The Morgan fingerprint density at radius 3 is 0.481 bits per heavy atom. The number of phenols is 10. The van der Waals surface area contributed by atoms with Crippen LogP contribution in [0.2, 0.25) is 0 Å². The molecule has 0 aromatic heterocycles. The van der Waals surface area contributed by atoms with Crippen LogP contribution in [-0.2, 0) is 0 Å². The Kier molecular flexibility index (Phi) is 32.9. The van der Waals surface area contributed by atoms with E-state index >= 15 is 0 Å². The van der Waals surface area contributed by atoms with Crippen molar-refractivity contribution < 1.29 is 51.1 Å². The predicted molar refractivity (Wildman–Crippen MR) is 213 cm³/mol. The number of phenolic OH excluding ortho intramolecular Hbond substituents is 10. The molecule has 5 aromatic carbocycles. The van der Waals surface area contributed by atoms with Crippen molar-refractivity contribution in [2.45, 2.75) is 69.2 Å². The minimum absolute atomic E-state index is 0. The third-order valence-electron chi connectivity index (χ3n) is 5.09. The summed E-state index contributed by atoms with van der Waals surface area (Å²) in [6, 6.07) is 29.3. The number of aromatic hydroxyl groups is 10. The molecule has 0 bridgehead atoms. The summed E-state index contributed by atoms with van der Waals surface area (Å²) in [4.78, 5) is 0. The van der Waals surface area contributed by atoms with Crippen LogP contribution in [0.1, 0.15) is 69.2 Å². The van der Waals surface area contributed by atoms with E-state index in [2.05, 4.69) is 41.5 Å². The van der Waals surface area contributed by atoms with Gasteiger partial charge in [-0.15, -0.1) is 0 Å². The SMILES string of the molecule is C.C.CC(C)CC(C)C.CCC.Oc1cccc(O)c1.Oc1cccc(O)c1.Oc1cccc(O)c1.Oc1cccc(O)c1.Oc1cccc(O)c1. The second kappa shape index (κ2) is 32.3. The zero-order chi connectivity index (χ0) is 38.5. The van der Waals surface area contributed by atoms with Gasteiger partial charge in [-0.25, -0.2) is 0 Å². The molecule has 0 aliphatic heterocycles. The lowest BCUT2D eigenvalue weighted by Gasteiger charge is -2.05. The summed E-state index contributed by atoms with van der Waals surface area (Å²) < 4.78 is 0. The first kappa shape index (κ1) is 52.9. The maximum Gasteiger partial charge on any atom is 0.119 e. The molecule has 290 valence electrons. The van der Waals surface area contributed by atoms with Crippen LogP contribution in [0.5, 0.6) is 57.5 Å². The van der Waals surface area contributed by atoms with Gasteiger partial charge in [-0.3, -0.25) is 0 Å². The Balaban J connectivity index is -0.000000260. The summed E-state index contributed by atoms with van der Waals surface area (Å²) in [5.41, 5.74) is 0. The zero-order valence-electron chi connectivity index (χ0n) is 29.6. The minimum Gasteiger partial charge on any atom is -0.508 e. The van der Waals surface area contributed by atoms with Crippen molar-refractivity contribution in [1.29, 1.82) is 0 Å². The van der Waals surface area contributed by atoms with E-state index in [1.165, 1.54) is 104 Å². The smallest absolute Gasteiger partial charge is 0.119 e. The Morgan fingerprint density at radius 1 is 0.327 bits per heavy atom. The summed E-state index contributed by atoms with van der Waals surface area (Å²) in [7, 11) is 0. The van der Waals surface area contributed by atoms with Crippen LogP contribution in [0, 0.1) is 11.8 Å². The van der Waals surface area contributed by atoms with Crippen molar-refractivity contribution in [2.24, 2.45) is 11.8 Å². The van der Waals surface area contributed by atoms with E-state index in [0.29, 0.717) is 0 Å². The van der Waals surface area contributed by atoms with Crippen LogP contribution in [0.25, 0.3) is 0 Å². The lowest BCUT2D eigenvalue weighted by Crippen LogP contribution is -1.93. The Bertz CT molecular complexity index is 1210. The molecular formula is C42H62O10. The minimum atomic E-state index is 0. The van der Waals surface area contributed by atoms with Gasteiger partial charge in [0.1, 0.15) is 57.5 Å². The van der Waals surface area contributed by atoms with Gasteiger partial charge in [-0.05, 0) is 78.9 Å². The van der Waals surface area contributed by atoms with Crippen LogP contribution in [-0.4, -0.2) is 51.1 Å². The van der Waals surface area contributed by atoms with Crippen LogP contribution in [0.4, 0.5) is 0 Å². The fourth-order valence-corrected chi connectivity index (χ4v) is 3.41. The highest BCUT2D eigenvalue weighted by molar-refractivity contribution is 5.32. The van der Waals surface area contributed by atoms with E-state index in [1.54, 1.807) is 30.3 Å². The fraction of sp³-hybridized carbons (Fsp3) is 0.286. The molecule has 0 fully saturated rings. The van der Waals surface area contributed by atoms with E-state index < -0.39 is 0 Å². The Morgan fingerprint density at radius 2 is 0.442 bits per heavy atom. The monoisotopic (exact) mass is 726 g/mol. The van der Waals surface area contributed by atoms with Crippen molar-refractivity contribution in [2.75, 3.05) is 0 Å². The van der Waals surface area contributed by atoms with Crippen molar-refractivity contribution in [3.63, 3.8) is 0 Å². The molecule has 10 nitrogen and oxygen atoms in total. The van der Waals surface area contributed by atoms with Gasteiger partial charge >= 0.3 is 0 Å². The zero-order valence-corrected chi connectivity index (χ0v) is 29.6. The van der Waals surface area contributed by atoms with Gasteiger partial charge in [0.2, 0.25) is 0 Å². The quantitative estimate of drug-likeness (QED) is 0.0833. The summed E-state index contributed by atoms with van der Waals surface area (Å²) in [6.07, 6.45) is 2.61. The van der Waals surface area contributed by atoms with Gasteiger partial charge in [0, 0.05) is 30.3 Å². The highest BCUT2D eigenvalue weighted by Gasteiger charge is 1.96. The molecule has 0 saturated heterocycles. The molecule has 5 rings (SSSR count). The second-order valence-electron chi connectivity index (χ2n) is 11.3. The molecule has 0 saturated carbocycles. The van der Waals surface area contributed by atoms with Crippen molar-refractivity contribution in [3.05, 3.63) is 121 Å². The molecule has 0 aliphatic carbocycles. The summed E-state index contributed by atoms with van der Waals surface area (Å²) in [6.45, 7) is 13.3. The molecular weight excluding hydrogens is 664 g/mol. The summed E-state index contributed by atoms with van der Waals surface area (Å²) in [5.74, 6) is 2.63. The molecule has 0 spiro atoms. The maximum atomic E-state index is 8.65. The second-order valence-corrected chi connectivity index (χ2v) is 11.3. The summed E-state index contributed by atoms with van der Waals surface area (Å²) >= 11 is 0. The van der Waals surface area contributed by atoms with E-state index in [4.69, 9.17) is 51.1 Å². The number of hydrogen-bond donors (Lipinski definition) is 10. The highest BCUT2D eigenvalue weighted by atomic mass is 16.3. The average Bonchev–Trinajstić information content (AvgIpc) is 2.98. The normalized spacial score (nSPS) is 8.77. The predicted octanol–water partition coefficient (Wildman–Crippen LogP) is 10.9. The maximum absolute atomic E-state index is 8.65. The van der Waals surface area contributed by atoms with Gasteiger partial charge in [-0.1, -0.05) is 93.1 Å². The van der Waals surface area contributed by atoms with E-state index in [0.717, 1.165) is 11.8 Å². The van der Waals surface area contributed by atoms with E-state index in [9.17, 15) is 0 Å². The number of rotatable bonds is 2. The van der Waals surface area contributed by atoms with Gasteiger partial charge in [-0.2, -0.15) is 0 Å². The van der Waals surface area contributed by atoms with Crippen molar-refractivity contribution in [3.8, 4) is 57.5 Å². The first-order chi connectivity index (χ1) is 23.5. The van der Waals surface area contributed by atoms with Crippen LogP contribution in [0.3, 0.4) is 0 Å². The molecule has 10 N–H and O–H groups in total. The van der Waals surface area contributed by atoms with Crippen LogP contribution >= 0.6 is 0 Å². The summed E-state index contributed by atoms with van der Waals surface area (Å²) in [5, 5.41) is 86.5. The lowest BCUT2D eigenvalue weighted by atomic mass is 10.0. The number of hydrogen-bond acceptors (Lipinski definition) is 10. The molecule has 52 heavy (non-hydrogen) atoms. The fourth-order valence-electron chi connectivity index (χ4n) is 3.41. The molecule has 0 radical (unpaired) electrons. The van der Waals surface area contributed by atoms with Crippen LogP contribution < -0.4 is 0 Å². The standard InChI is InChI=1S/C7H16.5C6H6O2.C3H8.2CH4/c1-6(2)5-7(3)4;5*7-5-2-1-3-6(8)4-5;1-3-2;;/h6-7H,5H2,1-4H3;5*1-4,7-8H;3H2,1-2H3;2*1H4. The topological polar surface area (TPSA) is 202 Å². The van der Waals surface area contributed by atoms with Crippen molar-refractivity contribution >= 4 is 0 Å². The Labute approximate surface area is 310 Å². The third kappa shape index (κ3) is 35.4. The number of benzene rings is 5. The van der Waals surface area contributed by atoms with E-state index in [1.807, 2.05) is 0 Å². The first-order valence-corrected chi connectivity index (χ1v) is 15.9. The average molecular weight is 727 g/mol. The van der Waals surface area contributed by atoms with Gasteiger partial charge < -0.3 is 51.1 Å². The largest absolute Gasteiger partial charge is 0.508 e. The molecule has 0 heterocycles. The van der Waals surface area contributed by atoms with E-state index in [-0.39, 0.29) is 72.3 Å². The Hall–Kier alpha value is -5.90. The molecule has 5 aromatic rings. The van der Waals surface area contributed by atoms with Gasteiger partial charge in [0.05, 0.1) is 0 Å². The molecule has 0 amide bonds. The van der Waals surface area contributed by atoms with Crippen molar-refractivity contribution in [1.82, 2.24) is 0 Å². The first-order valence-electron chi connectivity index (χ1n) is 15.9. The molecule has 10 heteroatoms. The third-order valence-corrected chi connectivity index (χ3v) is 5.09.